The van der Waals surface area contributed by atoms with E-state index in [9.17, 15) is 0 Å². The van der Waals surface area contributed by atoms with Gasteiger partial charge < -0.3 is 10.5 Å². The van der Waals surface area contributed by atoms with Crippen LogP contribution in [-0.4, -0.2) is 25.8 Å². The number of hydrogen-bond acceptors (Lipinski definition) is 3. The summed E-state index contributed by atoms with van der Waals surface area (Å²) in [6, 6.07) is 9.13. The lowest BCUT2D eigenvalue weighted by Gasteiger charge is -2.04. The van der Waals surface area contributed by atoms with Crippen LogP contribution in [0.4, 0.5) is 0 Å². The molecule has 0 bridgehead atoms. The molecule has 0 aromatic heterocycles. The van der Waals surface area contributed by atoms with Crippen LogP contribution in [0.2, 0.25) is 0 Å². The average Bonchev–Trinajstić information content (AvgIpc) is 2.38. The fraction of sp³-hybridized carbons (Fsp3) is 0.250. The summed E-state index contributed by atoms with van der Waals surface area (Å²) in [5, 5.41) is 8.71. The van der Waals surface area contributed by atoms with Crippen LogP contribution in [-0.2, 0) is 0 Å². The first-order valence-electron chi connectivity index (χ1n) is 5.21. The number of nitrogens with zero attached hydrogens (tertiary/aromatic N) is 3. The highest BCUT2D eigenvalue weighted by atomic mass is 16.5. The lowest BCUT2D eigenvalue weighted by Crippen LogP contribution is -1.99. The lowest BCUT2D eigenvalue weighted by molar-refractivity contribution is 0.313. The van der Waals surface area contributed by atoms with Crippen LogP contribution < -0.4 is 10.5 Å². The Morgan fingerprint density at radius 2 is 2.35 bits per heavy atom. The van der Waals surface area contributed by atoms with E-state index in [1.165, 1.54) is 12.7 Å². The fourth-order valence-corrected chi connectivity index (χ4v) is 1.14. The summed E-state index contributed by atoms with van der Waals surface area (Å²) >= 11 is 0. The Balaban J connectivity index is 2.24. The minimum absolute atomic E-state index is 0.554. The van der Waals surface area contributed by atoms with Crippen molar-refractivity contribution in [2.45, 2.75) is 6.42 Å². The van der Waals surface area contributed by atoms with Crippen LogP contribution in [0.3, 0.4) is 0 Å². The second-order valence-electron chi connectivity index (χ2n) is 3.16. The number of rotatable bonds is 6. The molecule has 0 radical (unpaired) electrons. The Labute approximate surface area is 100 Å². The van der Waals surface area contributed by atoms with Gasteiger partial charge in [-0.1, -0.05) is 6.07 Å². The monoisotopic (exact) mass is 230 g/mol. The molecule has 2 N–H and O–H groups in total. The number of hydrogen-bond donors (Lipinski definition) is 1. The van der Waals surface area contributed by atoms with Gasteiger partial charge in [0.05, 0.1) is 24.6 Å². The van der Waals surface area contributed by atoms with Crippen LogP contribution in [0.25, 0.3) is 0 Å². The molecule has 88 valence electrons. The first kappa shape index (κ1) is 12.7. The van der Waals surface area contributed by atoms with E-state index < -0.39 is 0 Å². The zero-order valence-corrected chi connectivity index (χ0v) is 9.41. The maximum atomic E-state index is 8.71. The van der Waals surface area contributed by atoms with Crippen molar-refractivity contribution in [2.75, 3.05) is 13.2 Å². The van der Waals surface area contributed by atoms with E-state index in [1.807, 2.05) is 6.07 Å². The Hall–Kier alpha value is -2.35. The van der Waals surface area contributed by atoms with Gasteiger partial charge in [-0.05, 0) is 18.2 Å². The van der Waals surface area contributed by atoms with Gasteiger partial charge in [0.25, 0.3) is 0 Å². The molecule has 17 heavy (non-hydrogen) atoms. The largest absolute Gasteiger partial charge is 0.493 e. The topological polar surface area (TPSA) is 83.8 Å². The summed E-state index contributed by atoms with van der Waals surface area (Å²) in [4.78, 5) is 7.63. The Morgan fingerprint density at radius 1 is 1.47 bits per heavy atom. The van der Waals surface area contributed by atoms with Crippen molar-refractivity contribution < 1.29 is 4.74 Å². The molecule has 0 saturated carbocycles. The number of aliphatic imine (C=N–C) groups is 2. The summed E-state index contributed by atoms with van der Waals surface area (Å²) in [7, 11) is 0. The van der Waals surface area contributed by atoms with E-state index in [2.05, 4.69) is 16.1 Å². The first-order chi connectivity index (χ1) is 8.36. The average molecular weight is 230 g/mol. The number of ether oxygens (including phenoxy) is 1. The predicted molar refractivity (Wildman–Crippen MR) is 67.3 cm³/mol. The number of nitriles is 1. The van der Waals surface area contributed by atoms with Gasteiger partial charge >= 0.3 is 0 Å². The maximum absolute atomic E-state index is 8.71. The molecule has 1 aromatic rings. The minimum atomic E-state index is 0.554. The highest BCUT2D eigenvalue weighted by Crippen LogP contribution is 2.12. The zero-order valence-electron chi connectivity index (χ0n) is 9.41. The van der Waals surface area contributed by atoms with Crippen molar-refractivity contribution in [1.82, 2.24) is 0 Å². The van der Waals surface area contributed by atoms with Gasteiger partial charge in [-0.2, -0.15) is 5.26 Å². The number of benzene rings is 1. The molecule has 0 spiro atoms. The summed E-state index contributed by atoms with van der Waals surface area (Å²) in [6.45, 7) is 1.19. The van der Waals surface area contributed by atoms with Crippen molar-refractivity contribution >= 4 is 12.7 Å². The third-order valence-corrected chi connectivity index (χ3v) is 1.90. The molecule has 1 aromatic carbocycles. The van der Waals surface area contributed by atoms with Crippen LogP contribution in [0.1, 0.15) is 12.0 Å². The second-order valence-corrected chi connectivity index (χ2v) is 3.16. The summed E-state index contributed by atoms with van der Waals surface area (Å²) in [5.74, 6) is 0.702. The quantitative estimate of drug-likeness (QED) is 0.454. The molecule has 0 aliphatic rings. The molecule has 0 fully saturated rings. The van der Waals surface area contributed by atoms with E-state index in [1.54, 1.807) is 18.2 Å². The van der Waals surface area contributed by atoms with Crippen molar-refractivity contribution in [3.63, 3.8) is 0 Å². The molecule has 0 atom stereocenters. The molecule has 0 aliphatic carbocycles. The molecule has 5 heteroatoms. The molecule has 0 unspecified atom stereocenters. The van der Waals surface area contributed by atoms with E-state index >= 15 is 0 Å². The third-order valence-electron chi connectivity index (χ3n) is 1.90. The van der Waals surface area contributed by atoms with E-state index in [4.69, 9.17) is 15.7 Å². The molecular formula is C12H14N4O. The van der Waals surface area contributed by atoms with Crippen molar-refractivity contribution in [3.05, 3.63) is 29.8 Å². The van der Waals surface area contributed by atoms with Gasteiger partial charge in [0, 0.05) is 13.0 Å². The molecule has 0 amide bonds. The van der Waals surface area contributed by atoms with Gasteiger partial charge in [0.2, 0.25) is 0 Å². The minimum Gasteiger partial charge on any atom is -0.493 e. The molecule has 0 heterocycles. The Kier molecular flexibility index (Phi) is 5.89. The summed E-state index contributed by atoms with van der Waals surface area (Å²) in [6.07, 6.45) is 3.39. The standard InChI is InChI=1S/C12H14N4O/c13-8-11-3-1-4-12(7-11)17-6-2-5-15-10-16-9-14/h1,3-4,7,9-10H,2,5-6H2,(H2,14,15,16). The fourth-order valence-electron chi connectivity index (χ4n) is 1.14. The van der Waals surface area contributed by atoms with Gasteiger partial charge in [-0.3, -0.25) is 4.99 Å². The Morgan fingerprint density at radius 3 is 3.12 bits per heavy atom. The van der Waals surface area contributed by atoms with Crippen LogP contribution in [0.5, 0.6) is 5.75 Å². The van der Waals surface area contributed by atoms with Gasteiger partial charge in [-0.25, -0.2) is 4.99 Å². The predicted octanol–water partition coefficient (Wildman–Crippen LogP) is 1.34. The third kappa shape index (κ3) is 5.33. The van der Waals surface area contributed by atoms with E-state index in [-0.39, 0.29) is 0 Å². The molecule has 5 nitrogen and oxygen atoms in total. The van der Waals surface area contributed by atoms with Crippen molar-refractivity contribution in [1.29, 1.82) is 5.26 Å². The van der Waals surface area contributed by atoms with Crippen LogP contribution in [0, 0.1) is 11.3 Å². The zero-order chi connectivity index (χ0) is 12.3. The second kappa shape index (κ2) is 7.88. The molecule has 1 rings (SSSR count). The van der Waals surface area contributed by atoms with Crippen molar-refractivity contribution in [3.8, 4) is 11.8 Å². The first-order valence-corrected chi connectivity index (χ1v) is 5.21. The van der Waals surface area contributed by atoms with E-state index in [0.29, 0.717) is 24.5 Å². The molecule has 0 saturated heterocycles. The van der Waals surface area contributed by atoms with E-state index in [0.717, 1.165) is 6.42 Å². The molecule has 0 aliphatic heterocycles. The smallest absolute Gasteiger partial charge is 0.120 e. The van der Waals surface area contributed by atoms with Gasteiger partial charge in [0.1, 0.15) is 12.1 Å². The van der Waals surface area contributed by atoms with Gasteiger partial charge in [-0.15, -0.1) is 0 Å². The summed E-state index contributed by atoms with van der Waals surface area (Å²) < 4.78 is 5.47. The SMILES string of the molecule is N#Cc1cccc(OCCCN=CN=CN)c1. The highest BCUT2D eigenvalue weighted by Gasteiger charge is 1.95. The van der Waals surface area contributed by atoms with Gasteiger partial charge in [0.15, 0.2) is 0 Å². The summed E-state index contributed by atoms with van der Waals surface area (Å²) in [5.41, 5.74) is 5.63. The van der Waals surface area contributed by atoms with Crippen molar-refractivity contribution in [2.24, 2.45) is 15.7 Å². The van der Waals surface area contributed by atoms with Crippen LogP contribution in [0.15, 0.2) is 34.3 Å². The normalized spacial score (nSPS) is 10.8. The van der Waals surface area contributed by atoms with Crippen LogP contribution >= 0.6 is 0 Å². The highest BCUT2D eigenvalue weighted by molar-refractivity contribution is 5.69. The molecular weight excluding hydrogens is 216 g/mol. The lowest BCUT2D eigenvalue weighted by atomic mass is 10.2. The Bertz CT molecular complexity index is 434. The number of nitrogens with two attached hydrogens (primary N) is 1. The maximum Gasteiger partial charge on any atom is 0.120 e.